The fourth-order valence-electron chi connectivity index (χ4n) is 1.35. The van der Waals surface area contributed by atoms with Crippen molar-refractivity contribution in [1.82, 2.24) is 10.1 Å². The van der Waals surface area contributed by atoms with E-state index in [0.717, 1.165) is 12.1 Å². The molecule has 0 aliphatic rings. The highest BCUT2D eigenvalue weighted by Crippen LogP contribution is 2.31. The maximum atomic E-state index is 12.5. The molecule has 96 valence electrons. The first-order chi connectivity index (χ1) is 8.38. The summed E-state index contributed by atoms with van der Waals surface area (Å²) in [6.45, 7) is 1.63. The Kier molecular flexibility index (Phi) is 3.30. The first-order valence-corrected chi connectivity index (χ1v) is 5.47. The van der Waals surface area contributed by atoms with Gasteiger partial charge in [-0.2, -0.15) is 18.2 Å². The van der Waals surface area contributed by atoms with Crippen LogP contribution in [0.5, 0.6) is 0 Å². The summed E-state index contributed by atoms with van der Waals surface area (Å²) in [5.41, 5.74) is -0.526. The van der Waals surface area contributed by atoms with Crippen molar-refractivity contribution >= 4 is 11.6 Å². The fraction of sp³-hybridized carbons (Fsp3) is 0.273. The second kappa shape index (κ2) is 4.61. The van der Waals surface area contributed by atoms with Crippen LogP contribution < -0.4 is 0 Å². The Morgan fingerprint density at radius 3 is 2.61 bits per heavy atom. The van der Waals surface area contributed by atoms with E-state index >= 15 is 0 Å². The van der Waals surface area contributed by atoms with Crippen molar-refractivity contribution in [3.05, 3.63) is 35.7 Å². The highest BCUT2D eigenvalue weighted by atomic mass is 35.5. The minimum absolute atomic E-state index is 0.0867. The fourth-order valence-corrected chi connectivity index (χ4v) is 1.44. The quantitative estimate of drug-likeness (QED) is 0.777. The molecule has 0 saturated carbocycles. The minimum atomic E-state index is -4.40. The van der Waals surface area contributed by atoms with E-state index in [4.69, 9.17) is 16.1 Å². The van der Waals surface area contributed by atoms with Gasteiger partial charge in [0.05, 0.1) is 5.56 Å². The van der Waals surface area contributed by atoms with Crippen LogP contribution >= 0.6 is 11.6 Å². The van der Waals surface area contributed by atoms with Gasteiger partial charge in [0.2, 0.25) is 11.7 Å². The first-order valence-electron chi connectivity index (χ1n) is 5.03. The highest BCUT2D eigenvalue weighted by molar-refractivity contribution is 6.20. The summed E-state index contributed by atoms with van der Waals surface area (Å²) in [4.78, 5) is 3.93. The lowest BCUT2D eigenvalue weighted by Gasteiger charge is -2.06. The van der Waals surface area contributed by atoms with E-state index in [0.29, 0.717) is 0 Å². The molecule has 1 aromatic heterocycles. The van der Waals surface area contributed by atoms with E-state index < -0.39 is 17.1 Å². The monoisotopic (exact) mass is 276 g/mol. The molecule has 1 aromatic carbocycles. The van der Waals surface area contributed by atoms with Crippen LogP contribution in [-0.4, -0.2) is 10.1 Å². The molecular formula is C11H8ClF3N2O. The van der Waals surface area contributed by atoms with Crippen molar-refractivity contribution in [3.8, 4) is 11.4 Å². The number of aromatic nitrogens is 2. The zero-order valence-corrected chi connectivity index (χ0v) is 9.96. The van der Waals surface area contributed by atoms with Gasteiger partial charge in [0, 0.05) is 5.56 Å². The van der Waals surface area contributed by atoms with Gasteiger partial charge in [-0.3, -0.25) is 0 Å². The van der Waals surface area contributed by atoms with E-state index in [1.807, 2.05) is 0 Å². The molecule has 2 rings (SSSR count). The number of hydrogen-bond donors (Lipinski definition) is 0. The van der Waals surface area contributed by atoms with Gasteiger partial charge in [0.1, 0.15) is 5.38 Å². The van der Waals surface area contributed by atoms with Crippen LogP contribution in [0.2, 0.25) is 0 Å². The zero-order chi connectivity index (χ0) is 13.3. The molecule has 0 saturated heterocycles. The standard InChI is InChI=1S/C11H8ClF3N2O/c1-6(12)10-16-9(17-18-10)7-3-2-4-8(5-7)11(13,14)15/h2-6H,1H3/t6-/m1/s1. The molecule has 0 fully saturated rings. The van der Waals surface area contributed by atoms with Gasteiger partial charge in [0.25, 0.3) is 0 Å². The molecule has 0 N–H and O–H groups in total. The Bertz CT molecular complexity index is 551. The van der Waals surface area contributed by atoms with E-state index in [2.05, 4.69) is 10.1 Å². The average Bonchev–Trinajstić information content (AvgIpc) is 2.77. The van der Waals surface area contributed by atoms with Crippen LogP contribution in [-0.2, 0) is 6.18 Å². The lowest BCUT2D eigenvalue weighted by atomic mass is 10.1. The van der Waals surface area contributed by atoms with Gasteiger partial charge in [-0.1, -0.05) is 17.3 Å². The van der Waals surface area contributed by atoms with Crippen molar-refractivity contribution < 1.29 is 17.7 Å². The molecule has 18 heavy (non-hydrogen) atoms. The molecule has 1 heterocycles. The number of nitrogens with zero attached hydrogens (tertiary/aromatic N) is 2. The molecule has 1 atom stereocenters. The van der Waals surface area contributed by atoms with Crippen LogP contribution in [0.3, 0.4) is 0 Å². The van der Waals surface area contributed by atoms with Crippen molar-refractivity contribution in [3.63, 3.8) is 0 Å². The molecule has 0 unspecified atom stereocenters. The van der Waals surface area contributed by atoms with Crippen molar-refractivity contribution in [1.29, 1.82) is 0 Å². The van der Waals surface area contributed by atoms with Crippen LogP contribution in [0.15, 0.2) is 28.8 Å². The third kappa shape index (κ3) is 2.64. The van der Waals surface area contributed by atoms with E-state index in [-0.39, 0.29) is 17.3 Å². The minimum Gasteiger partial charge on any atom is -0.337 e. The summed E-state index contributed by atoms with van der Waals surface area (Å²) in [7, 11) is 0. The van der Waals surface area contributed by atoms with Gasteiger partial charge in [-0.05, 0) is 19.1 Å². The van der Waals surface area contributed by atoms with Crippen LogP contribution in [0.25, 0.3) is 11.4 Å². The Morgan fingerprint density at radius 1 is 1.33 bits per heavy atom. The lowest BCUT2D eigenvalue weighted by Crippen LogP contribution is -2.04. The molecule has 3 nitrogen and oxygen atoms in total. The van der Waals surface area contributed by atoms with Crippen molar-refractivity contribution in [2.24, 2.45) is 0 Å². The Labute approximate surface area is 106 Å². The van der Waals surface area contributed by atoms with Crippen molar-refractivity contribution in [2.45, 2.75) is 18.5 Å². The normalized spacial score (nSPS) is 13.6. The third-order valence-corrected chi connectivity index (χ3v) is 2.42. The van der Waals surface area contributed by atoms with Gasteiger partial charge in [-0.15, -0.1) is 11.6 Å². The largest absolute Gasteiger partial charge is 0.416 e. The SMILES string of the molecule is C[C@@H](Cl)c1nc(-c2cccc(C(F)(F)F)c2)no1. The summed E-state index contributed by atoms with van der Waals surface area (Å²) >= 11 is 5.73. The number of benzene rings is 1. The maximum absolute atomic E-state index is 12.5. The molecule has 7 heteroatoms. The maximum Gasteiger partial charge on any atom is 0.416 e. The molecule has 0 radical (unpaired) electrons. The Hall–Kier alpha value is -1.56. The second-order valence-electron chi connectivity index (χ2n) is 3.65. The number of alkyl halides is 4. The van der Waals surface area contributed by atoms with E-state index in [1.54, 1.807) is 6.92 Å². The van der Waals surface area contributed by atoms with E-state index in [9.17, 15) is 13.2 Å². The zero-order valence-electron chi connectivity index (χ0n) is 9.20. The molecule has 0 aliphatic carbocycles. The Morgan fingerprint density at radius 2 is 2.06 bits per heavy atom. The molecule has 0 aliphatic heterocycles. The van der Waals surface area contributed by atoms with Gasteiger partial charge < -0.3 is 4.52 Å². The molecule has 0 amide bonds. The Balaban J connectivity index is 2.38. The topological polar surface area (TPSA) is 38.9 Å². The average molecular weight is 277 g/mol. The summed E-state index contributed by atoms with van der Waals surface area (Å²) in [5.74, 6) is 0.257. The predicted octanol–water partition coefficient (Wildman–Crippen LogP) is 4.06. The predicted molar refractivity (Wildman–Crippen MR) is 59.0 cm³/mol. The molecule has 0 spiro atoms. The van der Waals surface area contributed by atoms with Gasteiger partial charge in [0.15, 0.2) is 0 Å². The summed E-state index contributed by atoms with van der Waals surface area (Å²) in [6.07, 6.45) is -4.40. The van der Waals surface area contributed by atoms with Crippen molar-refractivity contribution in [2.75, 3.05) is 0 Å². The van der Waals surface area contributed by atoms with Gasteiger partial charge in [-0.25, -0.2) is 0 Å². The highest BCUT2D eigenvalue weighted by Gasteiger charge is 2.30. The summed E-state index contributed by atoms with van der Waals surface area (Å²) in [6, 6.07) is 4.71. The number of halogens is 4. The smallest absolute Gasteiger partial charge is 0.337 e. The third-order valence-electron chi connectivity index (χ3n) is 2.23. The summed E-state index contributed by atoms with van der Waals surface area (Å²) in [5, 5.41) is 3.10. The molecule has 2 aromatic rings. The van der Waals surface area contributed by atoms with Crippen LogP contribution in [0.4, 0.5) is 13.2 Å². The summed E-state index contributed by atoms with van der Waals surface area (Å²) < 4.78 is 42.4. The lowest BCUT2D eigenvalue weighted by molar-refractivity contribution is -0.137. The van der Waals surface area contributed by atoms with Crippen LogP contribution in [0.1, 0.15) is 23.8 Å². The molecular weight excluding hydrogens is 269 g/mol. The first kappa shape index (κ1) is 12.9. The van der Waals surface area contributed by atoms with E-state index in [1.165, 1.54) is 12.1 Å². The van der Waals surface area contributed by atoms with Gasteiger partial charge >= 0.3 is 6.18 Å². The second-order valence-corrected chi connectivity index (χ2v) is 4.31. The molecule has 0 bridgehead atoms. The number of rotatable bonds is 2. The van der Waals surface area contributed by atoms with Crippen LogP contribution in [0, 0.1) is 0 Å². The number of hydrogen-bond acceptors (Lipinski definition) is 3.